The molecule has 7 nitrogen and oxygen atoms in total. The van der Waals surface area contributed by atoms with Crippen LogP contribution in [0, 0.1) is 0 Å². The van der Waals surface area contributed by atoms with Crippen LogP contribution in [0.15, 0.2) is 59.4 Å². The molecule has 1 aliphatic heterocycles. The quantitative estimate of drug-likeness (QED) is 0.571. The Hall–Kier alpha value is -3.61. The highest BCUT2D eigenvalue weighted by Crippen LogP contribution is 2.30. The van der Waals surface area contributed by atoms with Crippen molar-refractivity contribution < 1.29 is 14.6 Å². The van der Waals surface area contributed by atoms with Crippen LogP contribution in [0.4, 0.5) is 0 Å². The molecule has 0 spiro atoms. The van der Waals surface area contributed by atoms with Crippen molar-refractivity contribution in [2.45, 2.75) is 45.1 Å². The third-order valence-corrected chi connectivity index (χ3v) is 6.58. The van der Waals surface area contributed by atoms with Gasteiger partial charge in [-0.3, -0.25) is 14.2 Å². The van der Waals surface area contributed by atoms with Gasteiger partial charge in [0.15, 0.2) is 5.56 Å². The van der Waals surface area contributed by atoms with E-state index in [0.29, 0.717) is 31.1 Å². The molecule has 1 fully saturated rings. The molecule has 2 atom stereocenters. The minimum atomic E-state index is -0.525. The largest absolute Gasteiger partial charge is 0.496 e. The fourth-order valence-corrected chi connectivity index (χ4v) is 4.80. The van der Waals surface area contributed by atoms with Crippen molar-refractivity contribution in [3.63, 3.8) is 0 Å². The van der Waals surface area contributed by atoms with Crippen molar-refractivity contribution in [3.05, 3.63) is 87.5 Å². The number of rotatable bonds is 7. The molecule has 1 amide bonds. The van der Waals surface area contributed by atoms with E-state index in [4.69, 9.17) is 4.74 Å². The van der Waals surface area contributed by atoms with Crippen LogP contribution in [-0.2, 0) is 6.42 Å². The number of carbonyl (C=O) groups excluding carboxylic acids is 1. The van der Waals surface area contributed by atoms with Crippen molar-refractivity contribution in [2.24, 2.45) is 0 Å². The van der Waals surface area contributed by atoms with E-state index in [9.17, 15) is 14.7 Å². The molecule has 178 valence electrons. The molecule has 1 N–H and O–H groups in total. The zero-order valence-corrected chi connectivity index (χ0v) is 19.9. The van der Waals surface area contributed by atoms with Crippen LogP contribution in [0.3, 0.4) is 0 Å². The molecule has 0 saturated carbocycles. The lowest BCUT2D eigenvalue weighted by Gasteiger charge is -2.23. The Morgan fingerprint density at radius 3 is 2.59 bits per heavy atom. The van der Waals surface area contributed by atoms with Gasteiger partial charge in [-0.25, -0.2) is 0 Å². The lowest BCUT2D eigenvalue weighted by atomic mass is 9.99. The van der Waals surface area contributed by atoms with Gasteiger partial charge in [0.1, 0.15) is 11.6 Å². The predicted molar refractivity (Wildman–Crippen MR) is 131 cm³/mol. The number of likely N-dealkylation sites (tertiary alicyclic amines) is 1. The smallest absolute Gasteiger partial charge is 0.270 e. The lowest BCUT2D eigenvalue weighted by Crippen LogP contribution is -2.38. The van der Waals surface area contributed by atoms with Gasteiger partial charge in [-0.15, -0.1) is 0 Å². The second kappa shape index (κ2) is 10.1. The summed E-state index contributed by atoms with van der Waals surface area (Å²) in [6, 6.07) is 17.1. The van der Waals surface area contributed by atoms with Gasteiger partial charge in [0.25, 0.3) is 11.5 Å². The molecule has 1 aromatic heterocycles. The van der Waals surface area contributed by atoms with Crippen LogP contribution in [0.25, 0.3) is 0 Å². The van der Waals surface area contributed by atoms with E-state index in [1.807, 2.05) is 56.3 Å². The van der Waals surface area contributed by atoms with Crippen molar-refractivity contribution in [2.75, 3.05) is 20.2 Å². The highest BCUT2D eigenvalue weighted by molar-refractivity contribution is 5.96. The highest BCUT2D eigenvalue weighted by Gasteiger charge is 2.33. The molecule has 3 aromatic rings. The standard InChI is InChI=1S/C27H31N3O4/c1-4-10-23-28-25(31)24(26(32)29-16-15-20(17-29)19-11-6-5-7-12-19)27(33)30(23)18(2)21-13-8-9-14-22(21)34-3/h5-9,11-14,18,20,31H,4,10,15-17H2,1-3H3/t18-,20+/m1/s1. The zero-order valence-electron chi connectivity index (χ0n) is 19.9. The summed E-state index contributed by atoms with van der Waals surface area (Å²) >= 11 is 0. The number of para-hydroxylation sites is 1. The molecule has 1 saturated heterocycles. The number of carbonyl (C=O) groups is 1. The monoisotopic (exact) mass is 461 g/mol. The van der Waals surface area contributed by atoms with Crippen molar-refractivity contribution in [1.29, 1.82) is 0 Å². The maximum Gasteiger partial charge on any atom is 0.270 e. The molecular formula is C27H31N3O4. The molecular weight excluding hydrogens is 430 g/mol. The van der Waals surface area contributed by atoms with Crippen LogP contribution in [-0.4, -0.2) is 45.7 Å². The summed E-state index contributed by atoms with van der Waals surface area (Å²) in [5, 5.41) is 10.7. The molecule has 7 heteroatoms. The first kappa shape index (κ1) is 23.5. The van der Waals surface area contributed by atoms with Gasteiger partial charge in [0.2, 0.25) is 5.88 Å². The van der Waals surface area contributed by atoms with Gasteiger partial charge < -0.3 is 14.7 Å². The van der Waals surface area contributed by atoms with E-state index in [-0.39, 0.29) is 11.5 Å². The van der Waals surface area contributed by atoms with Crippen LogP contribution < -0.4 is 10.3 Å². The van der Waals surface area contributed by atoms with Gasteiger partial charge >= 0.3 is 0 Å². The third-order valence-electron chi connectivity index (χ3n) is 6.58. The molecule has 0 aliphatic carbocycles. The van der Waals surface area contributed by atoms with Gasteiger partial charge in [-0.2, -0.15) is 4.98 Å². The normalized spacial score (nSPS) is 16.4. The van der Waals surface area contributed by atoms with Gasteiger partial charge in [0.05, 0.1) is 13.2 Å². The summed E-state index contributed by atoms with van der Waals surface area (Å²) in [5.74, 6) is 0.330. The van der Waals surface area contributed by atoms with Gasteiger partial charge in [0, 0.05) is 31.0 Å². The number of aromatic hydroxyl groups is 1. The second-order valence-electron chi connectivity index (χ2n) is 8.72. The number of benzene rings is 2. The number of methoxy groups -OCH3 is 1. The summed E-state index contributed by atoms with van der Waals surface area (Å²) in [6.45, 7) is 4.89. The van der Waals surface area contributed by atoms with Crippen LogP contribution >= 0.6 is 0 Å². The lowest BCUT2D eigenvalue weighted by molar-refractivity contribution is 0.0783. The topological polar surface area (TPSA) is 84.7 Å². The Kier molecular flexibility index (Phi) is 7.01. The van der Waals surface area contributed by atoms with Gasteiger partial charge in [-0.1, -0.05) is 55.5 Å². The molecule has 0 unspecified atom stereocenters. The minimum Gasteiger partial charge on any atom is -0.496 e. The predicted octanol–water partition coefficient (Wildman–Crippen LogP) is 4.15. The first-order valence-corrected chi connectivity index (χ1v) is 11.8. The summed E-state index contributed by atoms with van der Waals surface area (Å²) in [7, 11) is 1.59. The maximum atomic E-state index is 13.7. The van der Waals surface area contributed by atoms with E-state index in [1.165, 1.54) is 10.1 Å². The van der Waals surface area contributed by atoms with Crippen molar-refractivity contribution in [1.82, 2.24) is 14.5 Å². The summed E-state index contributed by atoms with van der Waals surface area (Å²) in [6.07, 6.45) is 2.04. The van der Waals surface area contributed by atoms with Crippen molar-refractivity contribution >= 4 is 5.91 Å². The molecule has 1 aliphatic rings. The molecule has 2 heterocycles. The molecule has 2 aromatic carbocycles. The number of ether oxygens (including phenoxy) is 1. The number of nitrogens with zero attached hydrogens (tertiary/aromatic N) is 3. The van der Waals surface area contributed by atoms with E-state index < -0.39 is 23.4 Å². The van der Waals surface area contributed by atoms with Crippen molar-refractivity contribution in [3.8, 4) is 11.6 Å². The van der Waals surface area contributed by atoms with E-state index in [1.54, 1.807) is 12.0 Å². The average molecular weight is 462 g/mol. The fourth-order valence-electron chi connectivity index (χ4n) is 4.80. The van der Waals surface area contributed by atoms with Crippen LogP contribution in [0.5, 0.6) is 11.6 Å². The van der Waals surface area contributed by atoms with E-state index in [2.05, 4.69) is 17.1 Å². The van der Waals surface area contributed by atoms with E-state index in [0.717, 1.165) is 18.4 Å². The number of aromatic nitrogens is 2. The number of hydrogen-bond donors (Lipinski definition) is 1. The maximum absolute atomic E-state index is 13.7. The van der Waals surface area contributed by atoms with Gasteiger partial charge in [-0.05, 0) is 31.4 Å². The average Bonchev–Trinajstić information content (AvgIpc) is 3.35. The molecule has 34 heavy (non-hydrogen) atoms. The Morgan fingerprint density at radius 1 is 1.18 bits per heavy atom. The Bertz CT molecular complexity index is 1220. The Labute approximate surface area is 199 Å². The molecule has 4 rings (SSSR count). The van der Waals surface area contributed by atoms with Crippen LogP contribution in [0.1, 0.15) is 66.0 Å². The first-order valence-electron chi connectivity index (χ1n) is 11.8. The zero-order chi connectivity index (χ0) is 24.2. The molecule has 0 bridgehead atoms. The Morgan fingerprint density at radius 2 is 1.88 bits per heavy atom. The first-order chi connectivity index (χ1) is 16.5. The Balaban J connectivity index is 1.73. The second-order valence-corrected chi connectivity index (χ2v) is 8.72. The van der Waals surface area contributed by atoms with E-state index >= 15 is 0 Å². The number of hydrogen-bond acceptors (Lipinski definition) is 5. The summed E-state index contributed by atoms with van der Waals surface area (Å²) in [5.41, 5.74) is 1.18. The SMILES string of the molecule is CCCc1nc(O)c(C(=O)N2CC[C@H](c3ccccc3)C2)c(=O)n1[C@H](C)c1ccccc1OC. The summed E-state index contributed by atoms with van der Waals surface area (Å²) in [4.78, 5) is 33.2. The molecule has 0 radical (unpaired) electrons. The number of aryl methyl sites for hydroxylation is 1. The third kappa shape index (κ3) is 4.42. The number of amides is 1. The van der Waals surface area contributed by atoms with Crippen LogP contribution in [0.2, 0.25) is 0 Å². The minimum absolute atomic E-state index is 0.203. The fraction of sp³-hybridized carbons (Fsp3) is 0.370. The highest BCUT2D eigenvalue weighted by atomic mass is 16.5. The summed E-state index contributed by atoms with van der Waals surface area (Å²) < 4.78 is 7.03.